The summed E-state index contributed by atoms with van der Waals surface area (Å²) >= 11 is 7.51. The molecule has 11 heteroatoms. The second-order valence-electron chi connectivity index (χ2n) is 9.54. The van der Waals surface area contributed by atoms with Crippen molar-refractivity contribution >= 4 is 35.0 Å². The number of rotatable bonds is 9. The highest BCUT2D eigenvalue weighted by molar-refractivity contribution is 7.07. The zero-order valence-electron chi connectivity index (χ0n) is 23.9. The molecule has 3 aromatic carbocycles. The standard InChI is InChI=1S/C32H29ClN2O7S/c1-5-41-31(38)27-18(2)34-32-35(28(27)21-15-22(33)29(36)25(16-21)40-4)30(37)26(43-32)14-20-11-12-23(24(13-20)39-3)42-17-19-9-7-6-8-10-19/h6-16,28,36H,5,17H2,1-4H3/b26-14-/t28-/m1/s1. The van der Waals surface area contributed by atoms with Crippen molar-refractivity contribution in [1.29, 1.82) is 0 Å². The van der Waals surface area contributed by atoms with Gasteiger partial charge in [-0.3, -0.25) is 9.36 Å². The number of nitrogens with zero attached hydrogens (tertiary/aromatic N) is 2. The second kappa shape index (κ2) is 12.8. The zero-order chi connectivity index (χ0) is 30.7. The van der Waals surface area contributed by atoms with Crippen LogP contribution in [0.15, 0.2) is 81.7 Å². The molecule has 0 saturated carbocycles. The summed E-state index contributed by atoms with van der Waals surface area (Å²) in [6.07, 6.45) is 1.73. The van der Waals surface area contributed by atoms with E-state index in [0.717, 1.165) is 5.56 Å². The summed E-state index contributed by atoms with van der Waals surface area (Å²) in [5, 5.41) is 10.3. The largest absolute Gasteiger partial charge is 0.503 e. The molecule has 43 heavy (non-hydrogen) atoms. The Labute approximate surface area is 256 Å². The maximum Gasteiger partial charge on any atom is 0.338 e. The molecule has 1 aromatic heterocycles. The van der Waals surface area contributed by atoms with Crippen LogP contribution >= 0.6 is 22.9 Å². The summed E-state index contributed by atoms with van der Waals surface area (Å²) in [6.45, 7) is 3.90. The Morgan fingerprint density at radius 1 is 1.07 bits per heavy atom. The molecule has 0 unspecified atom stereocenters. The number of ether oxygens (including phenoxy) is 4. The predicted octanol–water partition coefficient (Wildman–Crippen LogP) is 4.75. The minimum Gasteiger partial charge on any atom is -0.503 e. The molecule has 4 aromatic rings. The molecule has 0 fully saturated rings. The van der Waals surface area contributed by atoms with Gasteiger partial charge in [0.15, 0.2) is 27.8 Å². The van der Waals surface area contributed by atoms with Gasteiger partial charge in [0, 0.05) is 0 Å². The Morgan fingerprint density at radius 2 is 1.81 bits per heavy atom. The third kappa shape index (κ3) is 6.02. The number of phenols is 1. The number of allylic oxidation sites excluding steroid dienone is 1. The molecule has 0 aliphatic carbocycles. The monoisotopic (exact) mass is 620 g/mol. The number of fused-ring (bicyclic) bond motifs is 1. The molecule has 1 N–H and O–H groups in total. The number of methoxy groups -OCH3 is 2. The fourth-order valence-electron chi connectivity index (χ4n) is 4.79. The van der Waals surface area contributed by atoms with E-state index in [2.05, 4.69) is 4.99 Å². The molecule has 0 radical (unpaired) electrons. The van der Waals surface area contributed by atoms with Gasteiger partial charge in [-0.2, -0.15) is 0 Å². The number of esters is 1. The number of aromatic nitrogens is 1. The van der Waals surface area contributed by atoms with E-state index in [0.29, 0.717) is 44.3 Å². The van der Waals surface area contributed by atoms with Crippen molar-refractivity contribution in [3.63, 3.8) is 0 Å². The third-order valence-corrected chi connectivity index (χ3v) is 8.10. The van der Waals surface area contributed by atoms with Crippen molar-refractivity contribution < 1.29 is 28.8 Å². The SMILES string of the molecule is CCOC(=O)C1=C(C)N=c2s/c(=C\c3ccc(OCc4ccccc4)c(OC)c3)c(=O)n2[C@@H]1c1cc(Cl)c(O)c(OC)c1. The molecule has 222 valence electrons. The smallest absolute Gasteiger partial charge is 0.338 e. The first-order valence-corrected chi connectivity index (χ1v) is 14.6. The number of hydrogen-bond donors (Lipinski definition) is 1. The number of thiazole rings is 1. The van der Waals surface area contributed by atoms with Crippen molar-refractivity contribution in [3.05, 3.63) is 113 Å². The third-order valence-electron chi connectivity index (χ3n) is 6.83. The predicted molar refractivity (Wildman–Crippen MR) is 164 cm³/mol. The van der Waals surface area contributed by atoms with Crippen molar-refractivity contribution in [2.45, 2.75) is 26.5 Å². The average Bonchev–Trinajstić information content (AvgIpc) is 3.31. The number of carbonyl (C=O) groups excluding carboxylic acids is 1. The minimum atomic E-state index is -0.923. The Kier molecular flexibility index (Phi) is 8.89. The maximum atomic E-state index is 14.0. The number of phenolic OH excluding ortho intramolecular Hbond substituents is 1. The van der Waals surface area contributed by atoms with Crippen LogP contribution in [0.5, 0.6) is 23.0 Å². The number of hydrogen-bond acceptors (Lipinski definition) is 9. The van der Waals surface area contributed by atoms with Crippen LogP contribution in [0.4, 0.5) is 0 Å². The molecule has 0 saturated heterocycles. The molecule has 0 spiro atoms. The van der Waals surface area contributed by atoms with Crippen LogP contribution in [0, 0.1) is 0 Å². The van der Waals surface area contributed by atoms with Gasteiger partial charge < -0.3 is 24.1 Å². The first-order chi connectivity index (χ1) is 20.7. The van der Waals surface area contributed by atoms with E-state index in [1.54, 1.807) is 45.2 Å². The zero-order valence-corrected chi connectivity index (χ0v) is 25.5. The maximum absolute atomic E-state index is 14.0. The molecule has 1 atom stereocenters. The van der Waals surface area contributed by atoms with Crippen LogP contribution in [0.25, 0.3) is 6.08 Å². The van der Waals surface area contributed by atoms with Gasteiger partial charge >= 0.3 is 5.97 Å². The fourth-order valence-corrected chi connectivity index (χ4v) is 6.06. The highest BCUT2D eigenvalue weighted by Crippen LogP contribution is 2.40. The van der Waals surface area contributed by atoms with Crippen LogP contribution in [0.2, 0.25) is 5.02 Å². The summed E-state index contributed by atoms with van der Waals surface area (Å²) in [7, 11) is 2.94. The van der Waals surface area contributed by atoms with Gasteiger partial charge in [-0.05, 0) is 60.9 Å². The normalized spacial score (nSPS) is 14.6. The number of aromatic hydroxyl groups is 1. The van der Waals surface area contributed by atoms with Crippen LogP contribution in [-0.2, 0) is 16.1 Å². The highest BCUT2D eigenvalue weighted by atomic mass is 35.5. The molecule has 2 heterocycles. The molecule has 9 nitrogen and oxygen atoms in total. The van der Waals surface area contributed by atoms with Gasteiger partial charge in [0.25, 0.3) is 5.56 Å². The topological polar surface area (TPSA) is 109 Å². The Morgan fingerprint density at radius 3 is 2.51 bits per heavy atom. The van der Waals surface area contributed by atoms with Crippen LogP contribution in [-0.4, -0.2) is 36.5 Å². The van der Waals surface area contributed by atoms with E-state index in [9.17, 15) is 14.7 Å². The van der Waals surface area contributed by atoms with Crippen molar-refractivity contribution in [2.75, 3.05) is 20.8 Å². The lowest BCUT2D eigenvalue weighted by atomic mass is 9.95. The lowest BCUT2D eigenvalue weighted by Gasteiger charge is -2.25. The number of carbonyl (C=O) groups is 1. The number of benzene rings is 3. The second-order valence-corrected chi connectivity index (χ2v) is 11.0. The lowest BCUT2D eigenvalue weighted by Crippen LogP contribution is -2.40. The Bertz CT molecular complexity index is 1900. The van der Waals surface area contributed by atoms with Crippen molar-refractivity contribution in [3.8, 4) is 23.0 Å². The van der Waals surface area contributed by atoms with Crippen LogP contribution < -0.4 is 29.1 Å². The Balaban J connectivity index is 1.60. The molecular formula is C32H29ClN2O7S. The van der Waals surface area contributed by atoms with Gasteiger partial charge in [-0.1, -0.05) is 59.3 Å². The first-order valence-electron chi connectivity index (χ1n) is 13.4. The van der Waals surface area contributed by atoms with Gasteiger partial charge in [-0.15, -0.1) is 0 Å². The van der Waals surface area contributed by atoms with E-state index in [1.165, 1.54) is 29.1 Å². The van der Waals surface area contributed by atoms with Gasteiger partial charge in [0.1, 0.15) is 6.61 Å². The molecule has 5 rings (SSSR count). The van der Waals surface area contributed by atoms with Crippen LogP contribution in [0.3, 0.4) is 0 Å². The van der Waals surface area contributed by atoms with E-state index in [-0.39, 0.29) is 34.3 Å². The summed E-state index contributed by atoms with van der Waals surface area (Å²) < 4.78 is 24.0. The van der Waals surface area contributed by atoms with Crippen molar-refractivity contribution in [2.24, 2.45) is 4.99 Å². The lowest BCUT2D eigenvalue weighted by molar-refractivity contribution is -0.139. The molecule has 1 aliphatic heterocycles. The minimum absolute atomic E-state index is 0.0102. The highest BCUT2D eigenvalue weighted by Gasteiger charge is 2.34. The van der Waals surface area contributed by atoms with Crippen molar-refractivity contribution in [1.82, 2.24) is 4.57 Å². The van der Waals surface area contributed by atoms with Crippen LogP contribution in [0.1, 0.15) is 36.6 Å². The van der Waals surface area contributed by atoms with Gasteiger partial charge in [0.05, 0.1) is 47.7 Å². The van der Waals surface area contributed by atoms with Gasteiger partial charge in [-0.25, -0.2) is 9.79 Å². The number of halogens is 1. The quantitative estimate of drug-likeness (QED) is 0.269. The van der Waals surface area contributed by atoms with Gasteiger partial charge in [0.2, 0.25) is 0 Å². The molecular weight excluding hydrogens is 592 g/mol. The summed E-state index contributed by atoms with van der Waals surface area (Å²) in [5.74, 6) is 0.328. The summed E-state index contributed by atoms with van der Waals surface area (Å²) in [5.41, 5.74) is 2.41. The fraction of sp³-hybridized carbons (Fsp3) is 0.219. The molecule has 0 bridgehead atoms. The van der Waals surface area contributed by atoms with E-state index in [1.807, 2.05) is 36.4 Å². The molecule has 0 amide bonds. The Hall–Kier alpha value is -4.54. The summed E-state index contributed by atoms with van der Waals surface area (Å²) in [4.78, 5) is 32.1. The van der Waals surface area contributed by atoms with E-state index < -0.39 is 12.0 Å². The summed E-state index contributed by atoms with van der Waals surface area (Å²) in [6, 6.07) is 17.3. The first kappa shape index (κ1) is 29.9. The van der Waals surface area contributed by atoms with E-state index in [4.69, 9.17) is 30.5 Å². The van der Waals surface area contributed by atoms with E-state index >= 15 is 0 Å². The average molecular weight is 621 g/mol. The molecule has 1 aliphatic rings.